The predicted octanol–water partition coefficient (Wildman–Crippen LogP) is 3.55. The molecular formula is C14H12ClN3. The van der Waals surface area contributed by atoms with E-state index in [1.54, 1.807) is 10.5 Å². The number of aryl methyl sites for hydroxylation is 1. The van der Waals surface area contributed by atoms with Crippen molar-refractivity contribution in [1.29, 1.82) is 0 Å². The lowest BCUT2D eigenvalue weighted by Gasteiger charge is -2.01. The number of hydrogen-bond donors (Lipinski definition) is 1. The highest BCUT2D eigenvalue weighted by Crippen LogP contribution is 2.28. The van der Waals surface area contributed by atoms with E-state index in [9.17, 15) is 0 Å². The number of imidazole rings is 1. The first kappa shape index (κ1) is 11.1. The number of nitrogens with two attached hydrogens (primary N) is 1. The molecule has 0 aliphatic heterocycles. The largest absolute Gasteiger partial charge is 0.383 e. The van der Waals surface area contributed by atoms with Gasteiger partial charge in [-0.3, -0.25) is 4.40 Å². The van der Waals surface area contributed by atoms with Crippen LogP contribution in [0.2, 0.25) is 5.15 Å². The first-order valence-electron chi connectivity index (χ1n) is 5.66. The normalized spacial score (nSPS) is 11.0. The summed E-state index contributed by atoms with van der Waals surface area (Å²) in [4.78, 5) is 4.53. The molecular weight excluding hydrogens is 246 g/mol. The van der Waals surface area contributed by atoms with Crippen molar-refractivity contribution in [2.75, 3.05) is 5.73 Å². The van der Waals surface area contributed by atoms with Crippen LogP contribution in [0.3, 0.4) is 0 Å². The Hall–Kier alpha value is -2.00. The van der Waals surface area contributed by atoms with Gasteiger partial charge in [0.25, 0.3) is 0 Å². The first-order valence-corrected chi connectivity index (χ1v) is 6.04. The van der Waals surface area contributed by atoms with E-state index in [-0.39, 0.29) is 0 Å². The number of anilines is 1. The van der Waals surface area contributed by atoms with E-state index in [1.165, 1.54) is 5.56 Å². The number of nitrogens with zero attached hydrogens (tertiary/aromatic N) is 2. The topological polar surface area (TPSA) is 43.3 Å². The van der Waals surface area contributed by atoms with Crippen molar-refractivity contribution in [3.63, 3.8) is 0 Å². The van der Waals surface area contributed by atoms with Crippen molar-refractivity contribution in [2.45, 2.75) is 6.92 Å². The van der Waals surface area contributed by atoms with Gasteiger partial charge in [0.15, 0.2) is 0 Å². The van der Waals surface area contributed by atoms with Crippen LogP contribution in [0, 0.1) is 6.92 Å². The molecule has 0 aliphatic carbocycles. The summed E-state index contributed by atoms with van der Waals surface area (Å²) in [6.07, 6.45) is 0. The molecule has 2 N–H and O–H groups in total. The summed E-state index contributed by atoms with van der Waals surface area (Å²) in [5, 5.41) is 0.566. The van der Waals surface area contributed by atoms with Crippen LogP contribution in [0.25, 0.3) is 16.9 Å². The molecule has 0 spiro atoms. The van der Waals surface area contributed by atoms with Gasteiger partial charge >= 0.3 is 0 Å². The third kappa shape index (κ3) is 1.64. The number of fused-ring (bicyclic) bond motifs is 1. The molecule has 3 rings (SSSR count). The summed E-state index contributed by atoms with van der Waals surface area (Å²) in [6, 6.07) is 13.7. The summed E-state index contributed by atoms with van der Waals surface area (Å²) >= 11 is 6.13. The summed E-state index contributed by atoms with van der Waals surface area (Å²) in [6.45, 7) is 2.05. The monoisotopic (exact) mass is 257 g/mol. The van der Waals surface area contributed by atoms with E-state index >= 15 is 0 Å². The lowest BCUT2D eigenvalue weighted by molar-refractivity contribution is 1.20. The van der Waals surface area contributed by atoms with Crippen LogP contribution < -0.4 is 5.73 Å². The zero-order chi connectivity index (χ0) is 12.7. The van der Waals surface area contributed by atoms with Gasteiger partial charge in [-0.05, 0) is 19.1 Å². The first-order chi connectivity index (χ1) is 8.66. The van der Waals surface area contributed by atoms with Crippen LogP contribution in [0.1, 0.15) is 5.56 Å². The number of benzene rings is 1. The fourth-order valence-electron chi connectivity index (χ4n) is 2.00. The molecule has 0 atom stereocenters. The van der Waals surface area contributed by atoms with E-state index in [2.05, 4.69) is 4.98 Å². The van der Waals surface area contributed by atoms with Crippen LogP contribution >= 0.6 is 11.6 Å². The Balaban J connectivity index is 2.27. The van der Waals surface area contributed by atoms with Crippen molar-refractivity contribution >= 4 is 23.1 Å². The van der Waals surface area contributed by atoms with E-state index in [4.69, 9.17) is 17.3 Å². The molecule has 0 fully saturated rings. The second-order valence-electron chi connectivity index (χ2n) is 4.25. The van der Waals surface area contributed by atoms with Crippen LogP contribution in [0.15, 0.2) is 42.5 Å². The number of hydrogen-bond acceptors (Lipinski definition) is 2. The molecule has 90 valence electrons. The minimum Gasteiger partial charge on any atom is -0.383 e. The maximum absolute atomic E-state index is 6.13. The molecule has 3 aromatic rings. The third-order valence-corrected chi connectivity index (χ3v) is 3.25. The lowest BCUT2D eigenvalue weighted by atomic mass is 10.1. The summed E-state index contributed by atoms with van der Waals surface area (Å²) < 4.78 is 1.75. The van der Waals surface area contributed by atoms with Crippen molar-refractivity contribution < 1.29 is 0 Å². The zero-order valence-electron chi connectivity index (χ0n) is 9.89. The second-order valence-corrected chi connectivity index (χ2v) is 4.64. The maximum Gasteiger partial charge on any atom is 0.140 e. The molecule has 0 aliphatic rings. The smallest absolute Gasteiger partial charge is 0.140 e. The van der Waals surface area contributed by atoms with Crippen LogP contribution in [-0.2, 0) is 0 Å². The van der Waals surface area contributed by atoms with Crippen molar-refractivity contribution in [2.24, 2.45) is 0 Å². The molecule has 1 aromatic carbocycles. The van der Waals surface area contributed by atoms with Gasteiger partial charge in [0.1, 0.15) is 22.3 Å². The number of nitrogen functional groups attached to an aromatic ring is 1. The van der Waals surface area contributed by atoms with E-state index in [1.807, 2.05) is 43.3 Å². The minimum absolute atomic E-state index is 0.566. The predicted molar refractivity (Wildman–Crippen MR) is 74.8 cm³/mol. The Morgan fingerprint density at radius 1 is 1.11 bits per heavy atom. The number of aromatic nitrogens is 2. The molecule has 18 heavy (non-hydrogen) atoms. The fraction of sp³-hybridized carbons (Fsp3) is 0.0714. The van der Waals surface area contributed by atoms with Gasteiger partial charge < -0.3 is 5.73 Å². The second kappa shape index (κ2) is 4.03. The SMILES string of the molecule is Cc1ccc(-c2nc3cccc(Cl)n3c2N)cc1. The Labute approximate surface area is 110 Å². The fourth-order valence-corrected chi connectivity index (χ4v) is 2.25. The Kier molecular flexibility index (Phi) is 2.49. The van der Waals surface area contributed by atoms with Crippen LogP contribution in [0.4, 0.5) is 5.82 Å². The van der Waals surface area contributed by atoms with Crippen molar-refractivity contribution in [3.8, 4) is 11.3 Å². The van der Waals surface area contributed by atoms with Gasteiger partial charge in [-0.1, -0.05) is 47.5 Å². The van der Waals surface area contributed by atoms with Gasteiger partial charge in [-0.25, -0.2) is 4.98 Å². The highest BCUT2D eigenvalue weighted by atomic mass is 35.5. The van der Waals surface area contributed by atoms with Gasteiger partial charge in [0, 0.05) is 5.56 Å². The summed E-state index contributed by atoms with van der Waals surface area (Å²) in [5.41, 5.74) is 9.86. The summed E-state index contributed by atoms with van der Waals surface area (Å²) in [7, 11) is 0. The molecule has 0 unspecified atom stereocenters. The third-order valence-electron chi connectivity index (χ3n) is 2.96. The Morgan fingerprint density at radius 3 is 2.50 bits per heavy atom. The van der Waals surface area contributed by atoms with Crippen molar-refractivity contribution in [1.82, 2.24) is 9.38 Å². The molecule has 0 bridgehead atoms. The van der Waals surface area contributed by atoms with Gasteiger partial charge in [0.05, 0.1) is 0 Å². The standard InChI is InChI=1S/C14H12ClN3/c1-9-5-7-10(8-6-9)13-14(16)18-11(15)3-2-4-12(18)17-13/h2-8H,16H2,1H3. The molecule has 0 saturated heterocycles. The van der Waals surface area contributed by atoms with Gasteiger partial charge in [-0.15, -0.1) is 0 Å². The van der Waals surface area contributed by atoms with E-state index in [0.717, 1.165) is 16.9 Å². The van der Waals surface area contributed by atoms with E-state index in [0.29, 0.717) is 11.0 Å². The number of halogens is 1. The molecule has 2 heterocycles. The highest BCUT2D eigenvalue weighted by molar-refractivity contribution is 6.30. The number of rotatable bonds is 1. The number of pyridine rings is 1. The molecule has 2 aromatic heterocycles. The molecule has 0 amide bonds. The minimum atomic E-state index is 0.566. The zero-order valence-corrected chi connectivity index (χ0v) is 10.6. The Morgan fingerprint density at radius 2 is 1.83 bits per heavy atom. The maximum atomic E-state index is 6.13. The van der Waals surface area contributed by atoms with Crippen LogP contribution in [-0.4, -0.2) is 9.38 Å². The molecule has 0 saturated carbocycles. The highest BCUT2D eigenvalue weighted by Gasteiger charge is 2.12. The average Bonchev–Trinajstić information content (AvgIpc) is 2.69. The lowest BCUT2D eigenvalue weighted by Crippen LogP contribution is -1.95. The Bertz CT molecular complexity index is 714. The molecule has 3 nitrogen and oxygen atoms in total. The molecule has 0 radical (unpaired) electrons. The quantitative estimate of drug-likeness (QED) is 0.678. The van der Waals surface area contributed by atoms with Crippen molar-refractivity contribution in [3.05, 3.63) is 53.2 Å². The summed E-state index contributed by atoms with van der Waals surface area (Å²) in [5.74, 6) is 0.569. The van der Waals surface area contributed by atoms with E-state index < -0.39 is 0 Å². The average molecular weight is 258 g/mol. The van der Waals surface area contributed by atoms with Gasteiger partial charge in [-0.2, -0.15) is 0 Å². The molecule has 4 heteroatoms. The van der Waals surface area contributed by atoms with Gasteiger partial charge in [0.2, 0.25) is 0 Å². The van der Waals surface area contributed by atoms with Crippen LogP contribution in [0.5, 0.6) is 0 Å².